The first kappa shape index (κ1) is 10.1. The third kappa shape index (κ3) is 2.51. The average Bonchev–Trinajstić information content (AvgIpc) is 2.78. The van der Waals surface area contributed by atoms with Crippen LogP contribution in [0.3, 0.4) is 0 Å². The molecule has 1 atom stereocenters. The summed E-state index contributed by atoms with van der Waals surface area (Å²) in [5.74, 6) is 4.67. The van der Waals surface area contributed by atoms with Crippen LogP contribution in [0.25, 0.3) is 0 Å². The van der Waals surface area contributed by atoms with E-state index in [2.05, 4.69) is 26.6 Å². The molecule has 0 spiro atoms. The predicted molar refractivity (Wildman–Crippen MR) is 60.3 cm³/mol. The highest BCUT2D eigenvalue weighted by atomic mass is 32.2. The highest BCUT2D eigenvalue weighted by molar-refractivity contribution is 7.99. The smallest absolute Gasteiger partial charge is 0.122 e. The van der Waals surface area contributed by atoms with Gasteiger partial charge in [0, 0.05) is 19.4 Å². The van der Waals surface area contributed by atoms with Gasteiger partial charge in [0.15, 0.2) is 0 Å². The lowest BCUT2D eigenvalue weighted by Crippen LogP contribution is -2.23. The molecule has 1 aliphatic heterocycles. The summed E-state index contributed by atoms with van der Waals surface area (Å²) in [6.45, 7) is 2.03. The maximum Gasteiger partial charge on any atom is 0.122 e. The third-order valence-corrected chi connectivity index (χ3v) is 3.89. The SMILES string of the molecule is Cn1ccnc1CNCC1CCSC1. The second kappa shape index (κ2) is 4.84. The lowest BCUT2D eigenvalue weighted by molar-refractivity contribution is 0.512. The maximum atomic E-state index is 4.28. The fraction of sp³-hybridized carbons (Fsp3) is 0.700. The van der Waals surface area contributed by atoms with E-state index < -0.39 is 0 Å². The van der Waals surface area contributed by atoms with E-state index in [0.717, 1.165) is 24.8 Å². The van der Waals surface area contributed by atoms with Gasteiger partial charge in [-0.25, -0.2) is 4.98 Å². The van der Waals surface area contributed by atoms with E-state index in [4.69, 9.17) is 0 Å². The predicted octanol–water partition coefficient (Wildman–Crippen LogP) is 1.26. The molecule has 0 aromatic carbocycles. The molecule has 2 rings (SSSR count). The number of nitrogens with one attached hydrogen (secondary N) is 1. The molecule has 78 valence electrons. The molecule has 1 fully saturated rings. The molecule has 1 saturated heterocycles. The van der Waals surface area contributed by atoms with Crippen molar-refractivity contribution in [3.05, 3.63) is 18.2 Å². The number of imidazole rings is 1. The number of hydrogen-bond acceptors (Lipinski definition) is 3. The average molecular weight is 211 g/mol. The Morgan fingerprint density at radius 2 is 2.64 bits per heavy atom. The van der Waals surface area contributed by atoms with Crippen molar-refractivity contribution in [2.75, 3.05) is 18.1 Å². The summed E-state index contributed by atoms with van der Waals surface area (Å²) in [6, 6.07) is 0. The number of aromatic nitrogens is 2. The van der Waals surface area contributed by atoms with E-state index in [0.29, 0.717) is 0 Å². The van der Waals surface area contributed by atoms with Crippen LogP contribution in [0.15, 0.2) is 12.4 Å². The van der Waals surface area contributed by atoms with Crippen LogP contribution in [0.5, 0.6) is 0 Å². The van der Waals surface area contributed by atoms with Gasteiger partial charge in [0.2, 0.25) is 0 Å². The summed E-state index contributed by atoms with van der Waals surface area (Å²) in [7, 11) is 2.04. The van der Waals surface area contributed by atoms with Gasteiger partial charge in [0.1, 0.15) is 5.82 Å². The molecular formula is C10H17N3S. The molecule has 2 heterocycles. The van der Waals surface area contributed by atoms with Gasteiger partial charge in [-0.2, -0.15) is 11.8 Å². The van der Waals surface area contributed by atoms with Crippen molar-refractivity contribution in [2.24, 2.45) is 13.0 Å². The molecule has 14 heavy (non-hydrogen) atoms. The highest BCUT2D eigenvalue weighted by Crippen LogP contribution is 2.22. The van der Waals surface area contributed by atoms with Gasteiger partial charge in [0.05, 0.1) is 6.54 Å². The van der Waals surface area contributed by atoms with Crippen molar-refractivity contribution in [3.63, 3.8) is 0 Å². The number of rotatable bonds is 4. The summed E-state index contributed by atoms with van der Waals surface area (Å²) in [4.78, 5) is 4.28. The van der Waals surface area contributed by atoms with Crippen LogP contribution in [0, 0.1) is 5.92 Å². The van der Waals surface area contributed by atoms with Crippen molar-refractivity contribution in [2.45, 2.75) is 13.0 Å². The maximum absolute atomic E-state index is 4.28. The molecule has 1 N–H and O–H groups in total. The standard InChI is InChI=1S/C10H17N3S/c1-13-4-3-12-10(13)7-11-6-9-2-5-14-8-9/h3-4,9,11H,2,5-8H2,1H3. The van der Waals surface area contributed by atoms with Crippen LogP contribution in [-0.2, 0) is 13.6 Å². The van der Waals surface area contributed by atoms with Crippen LogP contribution >= 0.6 is 11.8 Å². The molecule has 0 radical (unpaired) electrons. The quantitative estimate of drug-likeness (QED) is 0.813. The number of aryl methyl sites for hydroxylation is 1. The Kier molecular flexibility index (Phi) is 3.48. The Morgan fingerprint density at radius 1 is 1.71 bits per heavy atom. The van der Waals surface area contributed by atoms with E-state index >= 15 is 0 Å². The minimum atomic E-state index is 0.875. The van der Waals surface area contributed by atoms with Crippen LogP contribution in [0.4, 0.5) is 0 Å². The number of hydrogen-bond donors (Lipinski definition) is 1. The van der Waals surface area contributed by atoms with Gasteiger partial charge >= 0.3 is 0 Å². The molecule has 1 aromatic heterocycles. The van der Waals surface area contributed by atoms with Crippen LogP contribution < -0.4 is 5.32 Å². The molecule has 1 aliphatic rings. The molecule has 0 aliphatic carbocycles. The molecule has 3 nitrogen and oxygen atoms in total. The zero-order valence-corrected chi connectivity index (χ0v) is 9.39. The summed E-state index contributed by atoms with van der Waals surface area (Å²) in [6.07, 6.45) is 5.21. The van der Waals surface area contributed by atoms with Gasteiger partial charge < -0.3 is 9.88 Å². The molecule has 0 saturated carbocycles. The fourth-order valence-corrected chi connectivity index (χ4v) is 2.98. The topological polar surface area (TPSA) is 29.9 Å². The Labute approximate surface area is 89.3 Å². The zero-order valence-electron chi connectivity index (χ0n) is 8.57. The van der Waals surface area contributed by atoms with E-state index in [1.807, 2.05) is 19.4 Å². The summed E-state index contributed by atoms with van der Waals surface area (Å²) in [5.41, 5.74) is 0. The molecule has 0 bridgehead atoms. The van der Waals surface area contributed by atoms with Gasteiger partial charge in [0.25, 0.3) is 0 Å². The van der Waals surface area contributed by atoms with Crippen LogP contribution in [0.1, 0.15) is 12.2 Å². The Balaban J connectivity index is 1.70. The van der Waals surface area contributed by atoms with E-state index in [-0.39, 0.29) is 0 Å². The summed E-state index contributed by atoms with van der Waals surface area (Å²) >= 11 is 2.07. The largest absolute Gasteiger partial charge is 0.337 e. The first-order valence-corrected chi connectivity index (χ1v) is 6.26. The van der Waals surface area contributed by atoms with Crippen molar-refractivity contribution in [1.29, 1.82) is 0 Å². The molecule has 1 unspecified atom stereocenters. The van der Waals surface area contributed by atoms with Crippen molar-refractivity contribution in [3.8, 4) is 0 Å². The van der Waals surface area contributed by atoms with Gasteiger partial charge in [-0.3, -0.25) is 0 Å². The van der Waals surface area contributed by atoms with E-state index in [1.54, 1.807) is 0 Å². The van der Waals surface area contributed by atoms with Gasteiger partial charge in [-0.05, 0) is 30.4 Å². The minimum absolute atomic E-state index is 0.875. The molecule has 4 heteroatoms. The lowest BCUT2D eigenvalue weighted by atomic mass is 10.1. The van der Waals surface area contributed by atoms with Crippen molar-refractivity contribution >= 4 is 11.8 Å². The number of thioether (sulfide) groups is 1. The normalized spacial score (nSPS) is 21.6. The van der Waals surface area contributed by atoms with E-state index in [9.17, 15) is 0 Å². The minimum Gasteiger partial charge on any atom is -0.337 e. The second-order valence-electron chi connectivity index (χ2n) is 3.81. The van der Waals surface area contributed by atoms with Gasteiger partial charge in [-0.1, -0.05) is 0 Å². The van der Waals surface area contributed by atoms with Crippen molar-refractivity contribution in [1.82, 2.24) is 14.9 Å². The first-order chi connectivity index (χ1) is 6.86. The monoisotopic (exact) mass is 211 g/mol. The summed E-state index contributed by atoms with van der Waals surface area (Å²) < 4.78 is 2.07. The molecular weight excluding hydrogens is 194 g/mol. The Hall–Kier alpha value is -0.480. The fourth-order valence-electron chi connectivity index (χ4n) is 1.70. The van der Waals surface area contributed by atoms with Crippen LogP contribution in [-0.4, -0.2) is 27.6 Å². The lowest BCUT2D eigenvalue weighted by Gasteiger charge is -2.09. The van der Waals surface area contributed by atoms with Gasteiger partial charge in [-0.15, -0.1) is 0 Å². The highest BCUT2D eigenvalue weighted by Gasteiger charge is 2.14. The Bertz CT molecular complexity index is 279. The molecule has 0 amide bonds. The summed E-state index contributed by atoms with van der Waals surface area (Å²) in [5, 5.41) is 3.47. The zero-order chi connectivity index (χ0) is 9.80. The van der Waals surface area contributed by atoms with E-state index in [1.165, 1.54) is 17.9 Å². The first-order valence-electron chi connectivity index (χ1n) is 5.11. The Morgan fingerprint density at radius 3 is 3.29 bits per heavy atom. The second-order valence-corrected chi connectivity index (χ2v) is 4.96. The third-order valence-electron chi connectivity index (χ3n) is 2.66. The number of nitrogens with zero attached hydrogens (tertiary/aromatic N) is 2. The van der Waals surface area contributed by atoms with Crippen LogP contribution in [0.2, 0.25) is 0 Å². The molecule has 1 aromatic rings. The van der Waals surface area contributed by atoms with Crippen molar-refractivity contribution < 1.29 is 0 Å².